The highest BCUT2D eigenvalue weighted by Gasteiger charge is 2.20. The van der Waals surface area contributed by atoms with Gasteiger partial charge in [0.05, 0.1) is 18.7 Å². The summed E-state index contributed by atoms with van der Waals surface area (Å²) < 4.78 is 5.33. The third-order valence-electron chi connectivity index (χ3n) is 3.10. The van der Waals surface area contributed by atoms with E-state index in [1.807, 2.05) is 6.07 Å². The Labute approximate surface area is 100 Å². The normalized spacial score (nSPS) is 14.7. The monoisotopic (exact) mass is 241 g/mol. The Hall–Kier alpha value is -0.770. The highest BCUT2D eigenvalue weighted by atomic mass is 35.5. The van der Waals surface area contributed by atoms with E-state index >= 15 is 0 Å². The summed E-state index contributed by atoms with van der Waals surface area (Å²) in [7, 11) is 1.62. The van der Waals surface area contributed by atoms with Crippen LogP contribution < -0.4 is 10.6 Å². The largest absolute Gasteiger partial charge is 0.495 e. The van der Waals surface area contributed by atoms with E-state index in [1.165, 1.54) is 24.0 Å². The van der Waals surface area contributed by atoms with E-state index in [0.717, 1.165) is 18.4 Å². The predicted molar refractivity (Wildman–Crippen MR) is 63.6 cm³/mol. The van der Waals surface area contributed by atoms with E-state index < -0.39 is 0 Å². The summed E-state index contributed by atoms with van der Waals surface area (Å²) >= 11 is 6.18. The smallest absolute Gasteiger partial charge is 0.143 e. The lowest BCUT2D eigenvalue weighted by Crippen LogP contribution is -2.11. The van der Waals surface area contributed by atoms with Crippen LogP contribution in [-0.2, 0) is 24.3 Å². The lowest BCUT2D eigenvalue weighted by molar-refractivity contribution is 0.121. The first-order valence-electron chi connectivity index (χ1n) is 5.46. The maximum absolute atomic E-state index is 6.18. The molecule has 88 valence electrons. The first-order valence-corrected chi connectivity index (χ1v) is 5.84. The van der Waals surface area contributed by atoms with Crippen molar-refractivity contribution in [1.29, 1.82) is 0 Å². The molecule has 0 bridgehead atoms. The summed E-state index contributed by atoms with van der Waals surface area (Å²) in [5, 5.41) is 0.648. The molecule has 1 aliphatic carbocycles. The van der Waals surface area contributed by atoms with Crippen LogP contribution in [0.1, 0.15) is 29.5 Å². The zero-order valence-corrected chi connectivity index (χ0v) is 10.1. The topological polar surface area (TPSA) is 44.5 Å². The zero-order chi connectivity index (χ0) is 11.5. The summed E-state index contributed by atoms with van der Waals surface area (Å²) in [6.45, 7) is 0.353. The molecule has 16 heavy (non-hydrogen) atoms. The molecule has 0 spiro atoms. The standard InChI is InChI=1S/C12H16ClNO2/c1-15-12-10(7-16-14)9-5-3-2-4-8(9)6-11(12)13/h6H,2-5,7,14H2,1H3. The summed E-state index contributed by atoms with van der Waals surface area (Å²) in [4.78, 5) is 4.75. The summed E-state index contributed by atoms with van der Waals surface area (Å²) in [6.07, 6.45) is 4.56. The number of benzene rings is 1. The molecule has 0 saturated heterocycles. The van der Waals surface area contributed by atoms with Crippen molar-refractivity contribution in [3.63, 3.8) is 0 Å². The van der Waals surface area contributed by atoms with Gasteiger partial charge >= 0.3 is 0 Å². The molecule has 0 atom stereocenters. The van der Waals surface area contributed by atoms with Gasteiger partial charge in [-0.05, 0) is 42.9 Å². The van der Waals surface area contributed by atoms with Crippen molar-refractivity contribution < 1.29 is 9.57 Å². The number of hydrogen-bond donors (Lipinski definition) is 1. The van der Waals surface area contributed by atoms with Gasteiger partial charge in [-0.15, -0.1) is 0 Å². The highest BCUT2D eigenvalue weighted by molar-refractivity contribution is 6.32. The summed E-state index contributed by atoms with van der Waals surface area (Å²) in [5.74, 6) is 5.87. The second-order valence-corrected chi connectivity index (χ2v) is 4.43. The van der Waals surface area contributed by atoms with Crippen molar-refractivity contribution in [2.75, 3.05) is 7.11 Å². The molecule has 2 rings (SSSR count). The summed E-state index contributed by atoms with van der Waals surface area (Å²) in [6, 6.07) is 2.01. The van der Waals surface area contributed by atoms with E-state index in [-0.39, 0.29) is 0 Å². The fraction of sp³-hybridized carbons (Fsp3) is 0.500. The van der Waals surface area contributed by atoms with E-state index in [4.69, 9.17) is 27.1 Å². The van der Waals surface area contributed by atoms with Gasteiger partial charge in [-0.3, -0.25) is 4.84 Å². The second kappa shape index (κ2) is 5.04. The van der Waals surface area contributed by atoms with Crippen LogP contribution in [0.3, 0.4) is 0 Å². The third kappa shape index (κ3) is 2.03. The lowest BCUT2D eigenvalue weighted by Gasteiger charge is -2.22. The Balaban J connectivity index is 2.54. The van der Waals surface area contributed by atoms with Crippen molar-refractivity contribution in [2.24, 2.45) is 5.90 Å². The first kappa shape index (κ1) is 11.7. The Kier molecular flexibility index (Phi) is 3.69. The van der Waals surface area contributed by atoms with E-state index in [9.17, 15) is 0 Å². The van der Waals surface area contributed by atoms with Crippen LogP contribution in [0, 0.1) is 0 Å². The third-order valence-corrected chi connectivity index (χ3v) is 3.38. The number of rotatable bonds is 3. The Bertz CT molecular complexity index is 393. The van der Waals surface area contributed by atoms with Crippen LogP contribution in [-0.4, -0.2) is 7.11 Å². The molecular weight excluding hydrogens is 226 g/mol. The van der Waals surface area contributed by atoms with Gasteiger partial charge in [0.15, 0.2) is 0 Å². The number of aryl methyl sites for hydroxylation is 1. The molecule has 0 amide bonds. The molecule has 0 aromatic heterocycles. The molecule has 0 radical (unpaired) electrons. The minimum atomic E-state index is 0.353. The van der Waals surface area contributed by atoms with Gasteiger partial charge in [0, 0.05) is 5.56 Å². The van der Waals surface area contributed by atoms with Crippen LogP contribution in [0.4, 0.5) is 0 Å². The highest BCUT2D eigenvalue weighted by Crippen LogP contribution is 2.37. The van der Waals surface area contributed by atoms with Crippen LogP contribution in [0.25, 0.3) is 0 Å². The second-order valence-electron chi connectivity index (χ2n) is 4.03. The van der Waals surface area contributed by atoms with E-state index in [2.05, 4.69) is 0 Å². The van der Waals surface area contributed by atoms with Gasteiger partial charge in [-0.25, -0.2) is 5.90 Å². The fourth-order valence-corrected chi connectivity index (χ4v) is 2.71. The molecule has 4 heteroatoms. The van der Waals surface area contributed by atoms with Crippen LogP contribution in [0.15, 0.2) is 6.07 Å². The summed E-state index contributed by atoms with van der Waals surface area (Å²) in [5.41, 5.74) is 3.62. The van der Waals surface area contributed by atoms with Crippen molar-refractivity contribution in [1.82, 2.24) is 0 Å². The minimum Gasteiger partial charge on any atom is -0.495 e. The van der Waals surface area contributed by atoms with E-state index in [1.54, 1.807) is 7.11 Å². The molecule has 0 aliphatic heterocycles. The van der Waals surface area contributed by atoms with Gasteiger partial charge in [-0.1, -0.05) is 11.6 Å². The molecular formula is C12H16ClNO2. The van der Waals surface area contributed by atoms with Gasteiger partial charge in [0.2, 0.25) is 0 Å². The molecule has 1 aromatic carbocycles. The van der Waals surface area contributed by atoms with Gasteiger partial charge < -0.3 is 4.74 Å². The SMILES string of the molecule is COc1c(Cl)cc2c(c1CON)CCCC2. The average molecular weight is 242 g/mol. The number of nitrogens with two attached hydrogens (primary N) is 1. The van der Waals surface area contributed by atoms with Crippen LogP contribution in [0.2, 0.25) is 5.02 Å². The zero-order valence-electron chi connectivity index (χ0n) is 9.38. The molecule has 0 unspecified atom stereocenters. The minimum absolute atomic E-state index is 0.353. The van der Waals surface area contributed by atoms with Crippen LogP contribution >= 0.6 is 11.6 Å². The maximum Gasteiger partial charge on any atom is 0.143 e. The number of methoxy groups -OCH3 is 1. The molecule has 1 aromatic rings. The lowest BCUT2D eigenvalue weighted by atomic mass is 9.88. The van der Waals surface area contributed by atoms with Gasteiger partial charge in [-0.2, -0.15) is 0 Å². The van der Waals surface area contributed by atoms with Gasteiger partial charge in [0.25, 0.3) is 0 Å². The molecule has 0 fully saturated rings. The Morgan fingerprint density at radius 1 is 1.38 bits per heavy atom. The Morgan fingerprint density at radius 2 is 2.12 bits per heavy atom. The van der Waals surface area contributed by atoms with Gasteiger partial charge in [0.1, 0.15) is 5.75 Å². The maximum atomic E-state index is 6.18. The molecule has 2 N–H and O–H groups in total. The molecule has 3 nitrogen and oxygen atoms in total. The van der Waals surface area contributed by atoms with Crippen molar-refractivity contribution in [3.8, 4) is 5.75 Å². The Morgan fingerprint density at radius 3 is 2.81 bits per heavy atom. The van der Waals surface area contributed by atoms with E-state index in [0.29, 0.717) is 17.4 Å². The number of fused-ring (bicyclic) bond motifs is 1. The predicted octanol–water partition coefficient (Wildman–Crippen LogP) is 2.62. The molecule has 1 aliphatic rings. The average Bonchev–Trinajstić information content (AvgIpc) is 2.29. The van der Waals surface area contributed by atoms with Crippen LogP contribution in [0.5, 0.6) is 5.75 Å². The first-order chi connectivity index (χ1) is 7.77. The molecule has 0 saturated carbocycles. The van der Waals surface area contributed by atoms with Crippen molar-refractivity contribution in [2.45, 2.75) is 32.3 Å². The molecule has 0 heterocycles. The number of halogens is 1. The number of hydrogen-bond acceptors (Lipinski definition) is 3. The number of ether oxygens (including phenoxy) is 1. The van der Waals surface area contributed by atoms with Crippen molar-refractivity contribution >= 4 is 11.6 Å². The van der Waals surface area contributed by atoms with Crippen molar-refractivity contribution in [3.05, 3.63) is 27.8 Å². The quantitative estimate of drug-likeness (QED) is 0.828. The fourth-order valence-electron chi connectivity index (χ4n) is 2.39.